The molecule has 3 heterocycles. The SMILES string of the molecule is C[C@@H]1C[C@@H]1C(=O)N1CC2(C[C@H](COc3ccccn3)CCN2C)C1. The molecule has 5 nitrogen and oxygen atoms in total. The van der Waals surface area contributed by atoms with Crippen molar-refractivity contribution < 1.29 is 9.53 Å². The second kappa shape index (κ2) is 6.03. The van der Waals surface area contributed by atoms with Gasteiger partial charge in [0.15, 0.2) is 0 Å². The first-order valence-electron chi connectivity index (χ1n) is 9.11. The fourth-order valence-electron chi connectivity index (χ4n) is 4.28. The van der Waals surface area contributed by atoms with Gasteiger partial charge in [-0.3, -0.25) is 9.69 Å². The predicted octanol–water partition coefficient (Wildman–Crippen LogP) is 2.04. The van der Waals surface area contributed by atoms with Gasteiger partial charge in [-0.1, -0.05) is 13.0 Å². The Morgan fingerprint density at radius 2 is 2.21 bits per heavy atom. The zero-order chi connectivity index (χ0) is 16.7. The molecule has 1 saturated carbocycles. The van der Waals surface area contributed by atoms with Gasteiger partial charge in [0.25, 0.3) is 0 Å². The third-order valence-electron chi connectivity index (χ3n) is 6.16. The topological polar surface area (TPSA) is 45.7 Å². The number of hydrogen-bond acceptors (Lipinski definition) is 4. The molecule has 5 heteroatoms. The van der Waals surface area contributed by atoms with Crippen molar-refractivity contribution in [2.24, 2.45) is 17.8 Å². The molecule has 1 spiro atoms. The van der Waals surface area contributed by atoms with E-state index in [0.29, 0.717) is 29.5 Å². The molecule has 1 aliphatic carbocycles. The normalized spacial score (nSPS) is 31.6. The number of likely N-dealkylation sites (tertiary alicyclic amines) is 2. The lowest BCUT2D eigenvalue weighted by atomic mass is 9.75. The molecule has 4 rings (SSSR count). The summed E-state index contributed by atoms with van der Waals surface area (Å²) in [5, 5.41) is 0. The van der Waals surface area contributed by atoms with Gasteiger partial charge >= 0.3 is 0 Å². The summed E-state index contributed by atoms with van der Waals surface area (Å²) in [5.74, 6) is 2.53. The molecule has 1 aromatic rings. The lowest BCUT2D eigenvalue weighted by molar-refractivity contribution is -0.152. The van der Waals surface area contributed by atoms with Gasteiger partial charge in [-0.15, -0.1) is 0 Å². The molecular weight excluding hydrogens is 302 g/mol. The fourth-order valence-corrected chi connectivity index (χ4v) is 4.28. The molecular formula is C19H27N3O2. The molecule has 0 aromatic carbocycles. The quantitative estimate of drug-likeness (QED) is 0.848. The molecule has 0 unspecified atom stereocenters. The number of ether oxygens (including phenoxy) is 1. The number of likely N-dealkylation sites (N-methyl/N-ethyl adjacent to an activating group) is 1. The molecule has 0 N–H and O–H groups in total. The van der Waals surface area contributed by atoms with Crippen molar-refractivity contribution in [2.75, 3.05) is 33.3 Å². The minimum absolute atomic E-state index is 0.171. The van der Waals surface area contributed by atoms with E-state index in [0.717, 1.165) is 45.5 Å². The van der Waals surface area contributed by atoms with Crippen LogP contribution in [0.2, 0.25) is 0 Å². The van der Waals surface area contributed by atoms with E-state index in [2.05, 4.69) is 28.8 Å². The minimum atomic E-state index is 0.171. The summed E-state index contributed by atoms with van der Waals surface area (Å²) in [6.45, 7) is 5.77. The van der Waals surface area contributed by atoms with E-state index < -0.39 is 0 Å². The molecule has 3 fully saturated rings. The molecule has 24 heavy (non-hydrogen) atoms. The predicted molar refractivity (Wildman–Crippen MR) is 91.7 cm³/mol. The number of aromatic nitrogens is 1. The Labute approximate surface area is 144 Å². The summed E-state index contributed by atoms with van der Waals surface area (Å²) in [6.07, 6.45) is 5.11. The van der Waals surface area contributed by atoms with Crippen molar-refractivity contribution in [1.82, 2.24) is 14.8 Å². The Balaban J connectivity index is 1.32. The van der Waals surface area contributed by atoms with E-state index in [1.165, 1.54) is 0 Å². The van der Waals surface area contributed by atoms with Crippen LogP contribution in [-0.4, -0.2) is 59.5 Å². The van der Waals surface area contributed by atoms with Crippen LogP contribution in [0.15, 0.2) is 24.4 Å². The Bertz CT molecular complexity index is 600. The summed E-state index contributed by atoms with van der Waals surface area (Å²) in [6, 6.07) is 5.76. The van der Waals surface area contributed by atoms with Crippen LogP contribution in [0.5, 0.6) is 5.88 Å². The number of hydrogen-bond donors (Lipinski definition) is 0. The van der Waals surface area contributed by atoms with Crippen LogP contribution in [-0.2, 0) is 4.79 Å². The van der Waals surface area contributed by atoms with Crippen molar-refractivity contribution in [3.63, 3.8) is 0 Å². The van der Waals surface area contributed by atoms with E-state index in [-0.39, 0.29) is 5.54 Å². The van der Waals surface area contributed by atoms with Crippen molar-refractivity contribution >= 4 is 5.91 Å². The number of carbonyl (C=O) groups is 1. The third-order valence-corrected chi connectivity index (χ3v) is 6.16. The molecule has 0 bridgehead atoms. The molecule has 3 atom stereocenters. The van der Waals surface area contributed by atoms with Gasteiger partial charge in [0, 0.05) is 31.3 Å². The summed E-state index contributed by atoms with van der Waals surface area (Å²) in [4.78, 5) is 21.2. The number of pyridine rings is 1. The van der Waals surface area contributed by atoms with E-state index >= 15 is 0 Å². The Morgan fingerprint density at radius 1 is 1.42 bits per heavy atom. The molecule has 1 aromatic heterocycles. The molecule has 3 aliphatic rings. The van der Waals surface area contributed by atoms with Crippen molar-refractivity contribution in [2.45, 2.75) is 31.7 Å². The van der Waals surface area contributed by atoms with Crippen LogP contribution < -0.4 is 4.74 Å². The smallest absolute Gasteiger partial charge is 0.226 e. The Kier molecular flexibility index (Phi) is 3.99. The van der Waals surface area contributed by atoms with Gasteiger partial charge < -0.3 is 9.64 Å². The highest BCUT2D eigenvalue weighted by Gasteiger charge is 2.53. The van der Waals surface area contributed by atoms with E-state index in [4.69, 9.17) is 4.74 Å². The maximum absolute atomic E-state index is 12.4. The van der Waals surface area contributed by atoms with Crippen molar-refractivity contribution in [3.05, 3.63) is 24.4 Å². The minimum Gasteiger partial charge on any atom is -0.477 e. The lowest BCUT2D eigenvalue weighted by Crippen LogP contribution is -2.72. The summed E-state index contributed by atoms with van der Waals surface area (Å²) in [5.41, 5.74) is 0.171. The van der Waals surface area contributed by atoms with Crippen molar-refractivity contribution in [1.29, 1.82) is 0 Å². The molecule has 1 amide bonds. The highest BCUT2D eigenvalue weighted by atomic mass is 16.5. The highest BCUT2D eigenvalue weighted by Crippen LogP contribution is 2.44. The van der Waals surface area contributed by atoms with E-state index in [1.807, 2.05) is 18.2 Å². The zero-order valence-corrected chi connectivity index (χ0v) is 14.6. The maximum Gasteiger partial charge on any atom is 0.226 e. The molecule has 2 aliphatic heterocycles. The second-order valence-corrected chi connectivity index (χ2v) is 8.00. The monoisotopic (exact) mass is 329 g/mol. The summed E-state index contributed by atoms with van der Waals surface area (Å²) < 4.78 is 5.87. The van der Waals surface area contributed by atoms with Gasteiger partial charge in [0.1, 0.15) is 0 Å². The number of piperidine rings is 1. The van der Waals surface area contributed by atoms with Crippen LogP contribution in [0.1, 0.15) is 26.2 Å². The van der Waals surface area contributed by atoms with E-state index in [9.17, 15) is 4.79 Å². The fraction of sp³-hybridized carbons (Fsp3) is 0.684. The van der Waals surface area contributed by atoms with Crippen LogP contribution in [0.3, 0.4) is 0 Å². The molecule has 2 saturated heterocycles. The number of rotatable bonds is 4. The maximum atomic E-state index is 12.4. The first-order valence-corrected chi connectivity index (χ1v) is 9.11. The number of nitrogens with zero attached hydrogens (tertiary/aromatic N) is 3. The van der Waals surface area contributed by atoms with Crippen LogP contribution >= 0.6 is 0 Å². The van der Waals surface area contributed by atoms with Gasteiger partial charge in [-0.05, 0) is 50.8 Å². The first kappa shape index (κ1) is 15.9. The van der Waals surface area contributed by atoms with Gasteiger partial charge in [0.2, 0.25) is 11.8 Å². The zero-order valence-electron chi connectivity index (χ0n) is 14.6. The second-order valence-electron chi connectivity index (χ2n) is 8.00. The first-order chi connectivity index (χ1) is 11.6. The van der Waals surface area contributed by atoms with Crippen LogP contribution in [0.25, 0.3) is 0 Å². The lowest BCUT2D eigenvalue weighted by Gasteiger charge is -2.58. The van der Waals surface area contributed by atoms with Gasteiger partial charge in [0.05, 0.1) is 12.1 Å². The summed E-state index contributed by atoms with van der Waals surface area (Å²) in [7, 11) is 2.21. The van der Waals surface area contributed by atoms with E-state index in [1.54, 1.807) is 6.20 Å². The van der Waals surface area contributed by atoms with Crippen LogP contribution in [0, 0.1) is 17.8 Å². The average Bonchev–Trinajstić information content (AvgIpc) is 3.29. The van der Waals surface area contributed by atoms with Gasteiger partial charge in [-0.2, -0.15) is 0 Å². The highest BCUT2D eigenvalue weighted by molar-refractivity contribution is 5.82. The average molecular weight is 329 g/mol. The number of carbonyl (C=O) groups excluding carboxylic acids is 1. The molecule has 0 radical (unpaired) electrons. The van der Waals surface area contributed by atoms with Crippen molar-refractivity contribution in [3.8, 4) is 5.88 Å². The number of amides is 1. The Hall–Kier alpha value is -1.62. The molecule has 130 valence electrons. The van der Waals surface area contributed by atoms with Crippen LogP contribution in [0.4, 0.5) is 0 Å². The summed E-state index contributed by atoms with van der Waals surface area (Å²) >= 11 is 0. The Morgan fingerprint density at radius 3 is 2.88 bits per heavy atom. The van der Waals surface area contributed by atoms with Gasteiger partial charge in [-0.25, -0.2) is 4.98 Å². The standard InChI is InChI=1S/C19H27N3O2/c1-14-9-16(14)18(23)22-12-19(13-22)10-15(6-8-21(19)2)11-24-17-5-3-4-7-20-17/h3-5,7,14-16H,6,8-13H2,1-2H3/t14-,15-,16+/m1/s1. The largest absolute Gasteiger partial charge is 0.477 e. The third kappa shape index (κ3) is 2.90.